The van der Waals surface area contributed by atoms with Gasteiger partial charge in [-0.2, -0.15) is 4.31 Å². The number of nitrogens with two attached hydrogens (primary N) is 1. The molecule has 1 atom stereocenters. The molecule has 1 unspecified atom stereocenters. The van der Waals surface area contributed by atoms with Gasteiger partial charge < -0.3 is 0 Å². The van der Waals surface area contributed by atoms with Crippen LogP contribution < -0.4 is 5.14 Å². The minimum atomic E-state index is -3.78. The summed E-state index contributed by atoms with van der Waals surface area (Å²) in [5.41, 5.74) is 0.653. The van der Waals surface area contributed by atoms with Crippen LogP contribution in [0.15, 0.2) is 62.8 Å². The molecule has 0 aliphatic rings. The molecule has 0 aliphatic carbocycles. The third kappa shape index (κ3) is 3.86. The van der Waals surface area contributed by atoms with Crippen LogP contribution in [0.3, 0.4) is 0 Å². The molecule has 24 heavy (non-hydrogen) atoms. The molecule has 130 valence electrons. The molecule has 6 nitrogen and oxygen atoms in total. The van der Waals surface area contributed by atoms with Crippen molar-refractivity contribution >= 4 is 36.0 Å². The molecule has 2 aromatic carbocycles. The van der Waals surface area contributed by atoms with E-state index < -0.39 is 26.1 Å². The van der Waals surface area contributed by atoms with Crippen molar-refractivity contribution in [3.8, 4) is 0 Å². The molecule has 0 fully saturated rings. The van der Waals surface area contributed by atoms with Gasteiger partial charge in [0.15, 0.2) is 0 Å². The lowest BCUT2D eigenvalue weighted by atomic mass is 10.1. The number of benzene rings is 2. The van der Waals surface area contributed by atoms with Crippen LogP contribution in [-0.4, -0.2) is 28.2 Å². The third-order valence-corrected chi connectivity index (χ3v) is 7.60. The van der Waals surface area contributed by atoms with Crippen LogP contribution >= 0.6 is 15.9 Å². The van der Waals surface area contributed by atoms with Crippen molar-refractivity contribution in [1.29, 1.82) is 0 Å². The van der Waals surface area contributed by atoms with E-state index >= 15 is 0 Å². The maximum Gasteiger partial charge on any atom is 0.244 e. The molecule has 0 saturated carbocycles. The minimum Gasteiger partial charge on any atom is -0.225 e. The molecule has 0 spiro atoms. The molecule has 0 aromatic heterocycles. The molecule has 9 heteroatoms. The zero-order valence-corrected chi connectivity index (χ0v) is 16.3. The summed E-state index contributed by atoms with van der Waals surface area (Å²) in [4.78, 5) is 0.148. The lowest BCUT2D eigenvalue weighted by Crippen LogP contribution is -2.30. The van der Waals surface area contributed by atoms with E-state index in [1.807, 2.05) is 0 Å². The molecule has 0 saturated heterocycles. The molecule has 0 radical (unpaired) electrons. The number of hydrogen-bond donors (Lipinski definition) is 1. The Labute approximate surface area is 150 Å². The van der Waals surface area contributed by atoms with Crippen LogP contribution in [0.2, 0.25) is 0 Å². The largest absolute Gasteiger partial charge is 0.244 e. The van der Waals surface area contributed by atoms with Gasteiger partial charge in [-0.25, -0.2) is 22.0 Å². The van der Waals surface area contributed by atoms with E-state index in [9.17, 15) is 16.8 Å². The molecule has 2 N–H and O–H groups in total. The molecule has 0 heterocycles. The Morgan fingerprint density at radius 3 is 2.04 bits per heavy atom. The van der Waals surface area contributed by atoms with Crippen molar-refractivity contribution < 1.29 is 16.8 Å². The fraction of sp³-hybridized carbons (Fsp3) is 0.200. The van der Waals surface area contributed by atoms with Crippen LogP contribution in [0.5, 0.6) is 0 Å². The highest BCUT2D eigenvalue weighted by atomic mass is 79.9. The van der Waals surface area contributed by atoms with Crippen molar-refractivity contribution in [2.75, 3.05) is 7.05 Å². The van der Waals surface area contributed by atoms with E-state index in [-0.39, 0.29) is 9.79 Å². The first-order valence-corrected chi connectivity index (χ1v) is 10.7. The molecule has 0 bridgehead atoms. The highest BCUT2D eigenvalue weighted by Gasteiger charge is 2.28. The standard InChI is InChI=1S/C15H17BrN2O4S2/c1-11(12-7-9-13(10-8-12)23(17,19)20)18(2)24(21,22)15-6-4-3-5-14(15)16/h3-11H,1-2H3,(H2,17,19,20). The zero-order valence-electron chi connectivity index (χ0n) is 13.0. The van der Waals surface area contributed by atoms with Gasteiger partial charge in [0.1, 0.15) is 0 Å². The average molecular weight is 433 g/mol. The van der Waals surface area contributed by atoms with Crippen LogP contribution in [-0.2, 0) is 20.0 Å². The van der Waals surface area contributed by atoms with Gasteiger partial charge in [0.2, 0.25) is 20.0 Å². The second-order valence-electron chi connectivity index (χ2n) is 5.24. The maximum atomic E-state index is 12.8. The Morgan fingerprint density at radius 1 is 1.00 bits per heavy atom. The summed E-state index contributed by atoms with van der Waals surface area (Å²) < 4.78 is 49.9. The van der Waals surface area contributed by atoms with Crippen LogP contribution in [0.1, 0.15) is 18.5 Å². The summed E-state index contributed by atoms with van der Waals surface area (Å²) in [5.74, 6) is 0. The third-order valence-electron chi connectivity index (χ3n) is 3.73. The number of primary sulfonamides is 1. The topological polar surface area (TPSA) is 97.5 Å². The Bertz CT molecular complexity index is 942. The number of sulfonamides is 2. The molecular weight excluding hydrogens is 416 g/mol. The highest BCUT2D eigenvalue weighted by molar-refractivity contribution is 9.10. The number of halogens is 1. The van der Waals surface area contributed by atoms with Gasteiger partial charge in [-0.1, -0.05) is 24.3 Å². The van der Waals surface area contributed by atoms with E-state index in [4.69, 9.17) is 5.14 Å². The fourth-order valence-electron chi connectivity index (χ4n) is 2.16. The summed E-state index contributed by atoms with van der Waals surface area (Å²) in [6, 6.07) is 11.9. The van der Waals surface area contributed by atoms with E-state index in [1.54, 1.807) is 37.3 Å². The maximum absolute atomic E-state index is 12.8. The molecule has 2 aromatic rings. The fourth-order valence-corrected chi connectivity index (χ4v) is 4.99. The van der Waals surface area contributed by atoms with Gasteiger partial charge in [-0.05, 0) is 52.7 Å². The van der Waals surface area contributed by atoms with Gasteiger partial charge in [0.05, 0.1) is 9.79 Å². The molecule has 0 aliphatic heterocycles. The second kappa shape index (κ2) is 6.93. The van der Waals surface area contributed by atoms with Crippen molar-refractivity contribution in [3.05, 3.63) is 58.6 Å². The SMILES string of the molecule is CC(c1ccc(S(N)(=O)=O)cc1)N(C)S(=O)(=O)c1ccccc1Br. The van der Waals surface area contributed by atoms with Gasteiger partial charge in [0.25, 0.3) is 0 Å². The Hall–Kier alpha value is -1.26. The van der Waals surface area contributed by atoms with Crippen LogP contribution in [0.25, 0.3) is 0 Å². The first kappa shape index (κ1) is 19.1. The summed E-state index contributed by atoms with van der Waals surface area (Å²) >= 11 is 3.25. The smallest absolute Gasteiger partial charge is 0.225 e. The summed E-state index contributed by atoms with van der Waals surface area (Å²) in [6.45, 7) is 1.72. The predicted octanol–water partition coefficient (Wildman–Crippen LogP) is 2.48. The van der Waals surface area contributed by atoms with Crippen molar-refractivity contribution in [1.82, 2.24) is 4.31 Å². The first-order chi connectivity index (χ1) is 11.0. The number of hydrogen-bond acceptors (Lipinski definition) is 4. The van der Waals surface area contributed by atoms with Gasteiger partial charge in [0, 0.05) is 17.6 Å². The molecule has 2 rings (SSSR count). The lowest BCUT2D eigenvalue weighted by Gasteiger charge is -2.25. The lowest BCUT2D eigenvalue weighted by molar-refractivity contribution is 0.398. The van der Waals surface area contributed by atoms with E-state index in [1.165, 1.54) is 29.6 Å². The van der Waals surface area contributed by atoms with Crippen molar-refractivity contribution in [3.63, 3.8) is 0 Å². The van der Waals surface area contributed by atoms with Crippen molar-refractivity contribution in [2.45, 2.75) is 22.8 Å². The average Bonchev–Trinajstić information content (AvgIpc) is 2.53. The summed E-state index contributed by atoms with van der Waals surface area (Å²) in [6.07, 6.45) is 0. The highest BCUT2D eigenvalue weighted by Crippen LogP contribution is 2.29. The first-order valence-electron chi connectivity index (χ1n) is 6.90. The van der Waals surface area contributed by atoms with Gasteiger partial charge in [-0.3, -0.25) is 0 Å². The summed E-state index contributed by atoms with van der Waals surface area (Å²) in [7, 11) is -6.01. The number of rotatable bonds is 5. The molecule has 0 amide bonds. The normalized spacial score (nSPS) is 13.9. The summed E-state index contributed by atoms with van der Waals surface area (Å²) in [5, 5.41) is 5.07. The predicted molar refractivity (Wildman–Crippen MR) is 95.3 cm³/mol. The second-order valence-corrected chi connectivity index (χ2v) is 9.62. The van der Waals surface area contributed by atoms with Gasteiger partial charge >= 0.3 is 0 Å². The Morgan fingerprint density at radius 2 is 1.54 bits per heavy atom. The van der Waals surface area contributed by atoms with Crippen LogP contribution in [0, 0.1) is 0 Å². The zero-order chi connectivity index (χ0) is 18.1. The van der Waals surface area contributed by atoms with E-state index in [0.717, 1.165) is 0 Å². The van der Waals surface area contributed by atoms with Crippen LogP contribution in [0.4, 0.5) is 0 Å². The van der Waals surface area contributed by atoms with E-state index in [0.29, 0.717) is 10.0 Å². The van der Waals surface area contributed by atoms with E-state index in [2.05, 4.69) is 15.9 Å². The quantitative estimate of drug-likeness (QED) is 0.784. The monoisotopic (exact) mass is 432 g/mol. The Balaban J connectivity index is 2.36. The molecular formula is C15H17BrN2O4S2. The Kier molecular flexibility index (Phi) is 5.50. The van der Waals surface area contributed by atoms with Gasteiger partial charge in [-0.15, -0.1) is 0 Å². The number of nitrogens with zero attached hydrogens (tertiary/aromatic N) is 1. The van der Waals surface area contributed by atoms with Crippen molar-refractivity contribution in [2.24, 2.45) is 5.14 Å². The minimum absolute atomic E-state index is 0.0187.